The van der Waals surface area contributed by atoms with E-state index in [1.54, 1.807) is 12.1 Å². The van der Waals surface area contributed by atoms with Crippen molar-refractivity contribution in [2.75, 3.05) is 13.1 Å². The molecule has 0 aromatic heterocycles. The maximum atomic E-state index is 13.9. The van der Waals surface area contributed by atoms with Crippen LogP contribution in [0.4, 0.5) is 0 Å². The molecule has 4 N–H and O–H groups in total. The third-order valence-corrected chi connectivity index (χ3v) is 15.0. The number of carboxylic acids is 1. The maximum Gasteiger partial charge on any atom is 0.335 e. The lowest BCUT2D eigenvalue weighted by molar-refractivity contribution is -0.225. The molecule has 6 rings (SSSR count). The molecule has 44 heavy (non-hydrogen) atoms. The zero-order valence-electron chi connectivity index (χ0n) is 28.1. The lowest BCUT2D eigenvalue weighted by atomic mass is 9.32. The van der Waals surface area contributed by atoms with E-state index < -0.39 is 5.97 Å². The summed E-state index contributed by atoms with van der Waals surface area (Å²) in [6.07, 6.45) is 12.6. The van der Waals surface area contributed by atoms with Gasteiger partial charge in [0.15, 0.2) is 0 Å². The molecule has 1 amide bonds. The van der Waals surface area contributed by atoms with E-state index in [2.05, 4.69) is 59.5 Å². The first-order valence-corrected chi connectivity index (χ1v) is 17.4. The van der Waals surface area contributed by atoms with E-state index in [1.165, 1.54) is 36.8 Å². The SMILES string of the molecule is C=C(C)C1CCC2(C(=O)NCCN)CCC3(C)C(CCC4C5(C)CC=C(c6ccc(C(=O)O)cc6)C(C)(C)C5CCC43C)C12. The predicted octanol–water partition coefficient (Wildman–Crippen LogP) is 8.11. The van der Waals surface area contributed by atoms with E-state index in [4.69, 9.17) is 5.73 Å². The van der Waals surface area contributed by atoms with Crippen LogP contribution in [-0.4, -0.2) is 30.1 Å². The third-order valence-electron chi connectivity index (χ3n) is 15.0. The zero-order chi connectivity index (χ0) is 31.9. The monoisotopic (exact) mass is 600 g/mol. The van der Waals surface area contributed by atoms with E-state index in [9.17, 15) is 14.7 Å². The van der Waals surface area contributed by atoms with Crippen LogP contribution < -0.4 is 11.1 Å². The number of nitrogens with two attached hydrogens (primary N) is 1. The zero-order valence-corrected chi connectivity index (χ0v) is 28.1. The lowest BCUT2D eigenvalue weighted by Crippen LogP contribution is -2.66. The van der Waals surface area contributed by atoms with Crippen LogP contribution in [0.2, 0.25) is 0 Å². The van der Waals surface area contributed by atoms with Crippen LogP contribution >= 0.6 is 0 Å². The molecule has 5 heteroatoms. The summed E-state index contributed by atoms with van der Waals surface area (Å²) in [5.41, 5.74) is 10.3. The molecule has 240 valence electrons. The number of benzene rings is 1. The van der Waals surface area contributed by atoms with Crippen molar-refractivity contribution in [3.8, 4) is 0 Å². The van der Waals surface area contributed by atoms with Crippen LogP contribution in [0.1, 0.15) is 115 Å². The Labute approximate surface area is 265 Å². The Morgan fingerprint density at radius 1 is 0.932 bits per heavy atom. The molecule has 0 aliphatic heterocycles. The van der Waals surface area contributed by atoms with Gasteiger partial charge in [0.1, 0.15) is 0 Å². The quantitative estimate of drug-likeness (QED) is 0.288. The van der Waals surface area contributed by atoms with Crippen molar-refractivity contribution in [3.63, 3.8) is 0 Å². The van der Waals surface area contributed by atoms with Crippen LogP contribution in [0, 0.1) is 56.7 Å². The molecule has 0 bridgehead atoms. The summed E-state index contributed by atoms with van der Waals surface area (Å²) in [5, 5.41) is 12.7. The summed E-state index contributed by atoms with van der Waals surface area (Å²) < 4.78 is 0. The number of hydrogen-bond acceptors (Lipinski definition) is 3. The minimum absolute atomic E-state index is 0.00385. The second-order valence-corrected chi connectivity index (χ2v) is 16.8. The Bertz CT molecular complexity index is 1380. The second-order valence-electron chi connectivity index (χ2n) is 16.8. The van der Waals surface area contributed by atoms with Crippen molar-refractivity contribution < 1.29 is 14.7 Å². The number of carbonyl (C=O) groups excluding carboxylic acids is 1. The number of nitrogens with one attached hydrogen (secondary N) is 1. The average Bonchev–Trinajstić information content (AvgIpc) is 3.37. The van der Waals surface area contributed by atoms with E-state index in [0.717, 1.165) is 37.7 Å². The summed E-state index contributed by atoms with van der Waals surface area (Å²) in [7, 11) is 0. The van der Waals surface area contributed by atoms with Gasteiger partial charge >= 0.3 is 5.97 Å². The van der Waals surface area contributed by atoms with Crippen molar-refractivity contribution in [3.05, 3.63) is 53.6 Å². The normalized spacial score (nSPS) is 42.2. The highest BCUT2D eigenvalue weighted by Gasteiger charge is 2.71. The number of amides is 1. The number of rotatable bonds is 6. The first-order valence-electron chi connectivity index (χ1n) is 17.4. The molecule has 1 aromatic rings. The molecular formula is C39H56N2O3. The highest BCUT2D eigenvalue weighted by molar-refractivity contribution is 5.88. The van der Waals surface area contributed by atoms with Crippen molar-refractivity contribution >= 4 is 17.4 Å². The standard InChI is InChI=1S/C39H56N2O3/c1-24(2)27-14-19-39(34(44)41-23-22-40)21-20-37(6)29(32(27)39)12-13-31-36(5)17-15-28(25-8-10-26(11-9-25)33(42)43)35(3,4)30(36)16-18-38(31,37)7/h8-11,15,27,29-32H,1,12-14,16-23,40H2,2-7H3,(H,41,44)(H,42,43). The van der Waals surface area contributed by atoms with Gasteiger partial charge in [0, 0.05) is 13.1 Å². The van der Waals surface area contributed by atoms with Gasteiger partial charge in [0.2, 0.25) is 5.91 Å². The van der Waals surface area contributed by atoms with E-state index in [-0.39, 0.29) is 33.0 Å². The van der Waals surface area contributed by atoms with Crippen molar-refractivity contribution in [1.82, 2.24) is 5.32 Å². The van der Waals surface area contributed by atoms with Gasteiger partial charge in [-0.15, -0.1) is 0 Å². The Kier molecular flexibility index (Phi) is 7.59. The van der Waals surface area contributed by atoms with Gasteiger partial charge in [-0.3, -0.25) is 4.79 Å². The molecule has 0 radical (unpaired) electrons. The summed E-state index contributed by atoms with van der Waals surface area (Å²) in [5.74, 6) is 1.88. The van der Waals surface area contributed by atoms with Gasteiger partial charge in [0.05, 0.1) is 11.0 Å². The minimum Gasteiger partial charge on any atom is -0.478 e. The van der Waals surface area contributed by atoms with E-state index in [1.807, 2.05) is 12.1 Å². The minimum atomic E-state index is -0.875. The molecule has 1 aromatic carbocycles. The fourth-order valence-corrected chi connectivity index (χ4v) is 12.8. The van der Waals surface area contributed by atoms with Gasteiger partial charge in [-0.1, -0.05) is 65.0 Å². The molecule has 0 heterocycles. The molecule has 9 atom stereocenters. The topological polar surface area (TPSA) is 92.4 Å². The molecule has 5 aliphatic carbocycles. The highest BCUT2D eigenvalue weighted by atomic mass is 16.4. The number of allylic oxidation sites excluding steroid dienone is 3. The average molecular weight is 601 g/mol. The molecule has 4 fully saturated rings. The van der Waals surface area contributed by atoms with Crippen LogP contribution in [0.15, 0.2) is 42.5 Å². The van der Waals surface area contributed by atoms with Crippen LogP contribution in [0.25, 0.3) is 5.57 Å². The van der Waals surface area contributed by atoms with Crippen LogP contribution in [0.5, 0.6) is 0 Å². The van der Waals surface area contributed by atoms with Gasteiger partial charge in [-0.05, 0) is 139 Å². The number of fused-ring (bicyclic) bond motifs is 7. The van der Waals surface area contributed by atoms with E-state index in [0.29, 0.717) is 48.2 Å². The molecule has 5 aliphatic rings. The van der Waals surface area contributed by atoms with Crippen LogP contribution in [0.3, 0.4) is 0 Å². The maximum absolute atomic E-state index is 13.9. The number of hydrogen-bond donors (Lipinski definition) is 3. The second kappa shape index (κ2) is 10.6. The molecule has 4 saturated carbocycles. The summed E-state index contributed by atoms with van der Waals surface area (Å²) >= 11 is 0. The molecule has 9 unspecified atom stereocenters. The molecular weight excluding hydrogens is 544 g/mol. The summed E-state index contributed by atoms with van der Waals surface area (Å²) in [6.45, 7) is 20.5. The molecule has 0 spiro atoms. The van der Waals surface area contributed by atoms with Gasteiger partial charge in [-0.25, -0.2) is 4.79 Å². The van der Waals surface area contributed by atoms with Gasteiger partial charge in [0.25, 0.3) is 0 Å². The molecule has 0 saturated heterocycles. The summed E-state index contributed by atoms with van der Waals surface area (Å²) in [6, 6.07) is 7.53. The number of carboxylic acid groups (broad SMARTS) is 1. The van der Waals surface area contributed by atoms with Crippen LogP contribution in [-0.2, 0) is 4.79 Å². The Hall–Kier alpha value is -2.40. The van der Waals surface area contributed by atoms with Crippen molar-refractivity contribution in [1.29, 1.82) is 0 Å². The first-order chi connectivity index (χ1) is 20.7. The van der Waals surface area contributed by atoms with Gasteiger partial charge < -0.3 is 16.2 Å². The first kappa shape index (κ1) is 31.6. The summed E-state index contributed by atoms with van der Waals surface area (Å²) in [4.78, 5) is 25.4. The Balaban J connectivity index is 1.35. The van der Waals surface area contributed by atoms with Crippen molar-refractivity contribution in [2.45, 2.75) is 99.3 Å². The van der Waals surface area contributed by atoms with Crippen molar-refractivity contribution in [2.24, 2.45) is 62.4 Å². The predicted molar refractivity (Wildman–Crippen MR) is 178 cm³/mol. The fraction of sp³-hybridized carbons (Fsp3) is 0.692. The Morgan fingerprint density at radius 2 is 1.64 bits per heavy atom. The number of carbonyl (C=O) groups is 2. The fourth-order valence-electron chi connectivity index (χ4n) is 12.8. The molecule has 5 nitrogen and oxygen atoms in total. The number of aromatic carboxylic acids is 1. The van der Waals surface area contributed by atoms with E-state index >= 15 is 0 Å². The highest BCUT2D eigenvalue weighted by Crippen LogP contribution is 2.77. The third kappa shape index (κ3) is 4.19. The van der Waals surface area contributed by atoms with Gasteiger partial charge in [-0.2, -0.15) is 0 Å². The lowest BCUT2D eigenvalue weighted by Gasteiger charge is -2.72. The smallest absolute Gasteiger partial charge is 0.335 e. The largest absolute Gasteiger partial charge is 0.478 e. The Morgan fingerprint density at radius 3 is 2.27 bits per heavy atom.